The number of carbonyl (C=O) groups excluding carboxylic acids is 2. The number of rotatable bonds is 5. The highest BCUT2D eigenvalue weighted by atomic mass is 16.6. The fraction of sp³-hybridized carbons (Fsp3) is 0.500. The number of ether oxygens (including phenoxy) is 2. The lowest BCUT2D eigenvalue weighted by Crippen LogP contribution is -2.40. The molecule has 0 aliphatic carbocycles. The average Bonchev–Trinajstić information content (AvgIpc) is 2.91. The molecule has 1 aliphatic rings. The van der Waals surface area contributed by atoms with Crippen molar-refractivity contribution in [2.24, 2.45) is 0 Å². The predicted octanol–water partition coefficient (Wildman–Crippen LogP) is -1.19. The Labute approximate surface area is 113 Å². The second-order valence-electron chi connectivity index (χ2n) is 4.39. The van der Waals surface area contributed by atoms with Crippen LogP contribution in [0.3, 0.4) is 0 Å². The highest BCUT2D eigenvalue weighted by molar-refractivity contribution is 6.13. The molecule has 20 heavy (non-hydrogen) atoms. The zero-order valence-corrected chi connectivity index (χ0v) is 10.6. The van der Waals surface area contributed by atoms with E-state index in [-0.39, 0.29) is 12.4 Å². The van der Waals surface area contributed by atoms with Crippen molar-refractivity contribution in [2.45, 2.75) is 31.0 Å². The molecule has 0 spiro atoms. The van der Waals surface area contributed by atoms with Crippen molar-refractivity contribution < 1.29 is 38.8 Å². The molecule has 1 fully saturated rings. The van der Waals surface area contributed by atoms with Crippen LogP contribution in [-0.4, -0.2) is 46.6 Å². The molecule has 0 saturated carbocycles. The molecule has 2 atom stereocenters. The van der Waals surface area contributed by atoms with Gasteiger partial charge in [0.25, 0.3) is 5.60 Å². The Morgan fingerprint density at radius 1 is 1.45 bits per heavy atom. The number of furan rings is 1. The van der Waals surface area contributed by atoms with Gasteiger partial charge in [0.2, 0.25) is 5.78 Å². The van der Waals surface area contributed by atoms with Gasteiger partial charge in [0.05, 0.1) is 12.9 Å². The van der Waals surface area contributed by atoms with Crippen molar-refractivity contribution >= 4 is 11.8 Å². The number of aliphatic hydroxyl groups is 3. The van der Waals surface area contributed by atoms with Gasteiger partial charge in [-0.15, -0.1) is 0 Å². The average molecular weight is 286 g/mol. The Bertz CT molecular complexity index is 519. The van der Waals surface area contributed by atoms with Crippen LogP contribution < -0.4 is 0 Å². The molecule has 8 heteroatoms. The van der Waals surface area contributed by atoms with E-state index in [1.807, 2.05) is 0 Å². The highest BCUT2D eigenvalue weighted by Gasteiger charge is 2.60. The number of cyclic esters (lactones) is 1. The van der Waals surface area contributed by atoms with Gasteiger partial charge in [0, 0.05) is 19.1 Å². The van der Waals surface area contributed by atoms with Crippen LogP contribution in [0.4, 0.5) is 0 Å². The summed E-state index contributed by atoms with van der Waals surface area (Å²) >= 11 is 0. The Hall–Kier alpha value is -1.74. The van der Waals surface area contributed by atoms with E-state index in [9.17, 15) is 14.7 Å². The quantitative estimate of drug-likeness (QED) is 0.350. The summed E-state index contributed by atoms with van der Waals surface area (Å²) in [7, 11) is 1.40. The predicted molar refractivity (Wildman–Crippen MR) is 61.0 cm³/mol. The molecule has 3 N–H and O–H groups in total. The van der Waals surface area contributed by atoms with Gasteiger partial charge < -0.3 is 29.2 Å². The van der Waals surface area contributed by atoms with E-state index < -0.39 is 36.2 Å². The third-order valence-electron chi connectivity index (χ3n) is 2.99. The zero-order chi connectivity index (χ0) is 14.9. The lowest BCUT2D eigenvalue weighted by molar-refractivity contribution is -0.159. The van der Waals surface area contributed by atoms with Crippen LogP contribution in [0.25, 0.3) is 0 Å². The maximum absolute atomic E-state index is 12.1. The minimum absolute atomic E-state index is 0.0298. The van der Waals surface area contributed by atoms with Crippen molar-refractivity contribution in [3.63, 3.8) is 0 Å². The number of Topliss-reactive ketones (excluding diaryl/α,β-unsaturated/α-hetero) is 1. The summed E-state index contributed by atoms with van der Waals surface area (Å²) < 4.78 is 14.6. The van der Waals surface area contributed by atoms with E-state index in [1.165, 1.54) is 19.4 Å². The topological polar surface area (TPSA) is 126 Å². The molecule has 0 bridgehead atoms. The second kappa shape index (κ2) is 5.33. The number of carbonyl (C=O) groups is 2. The van der Waals surface area contributed by atoms with E-state index in [2.05, 4.69) is 0 Å². The highest BCUT2D eigenvalue weighted by Crippen LogP contribution is 2.36. The number of hydrogen-bond donors (Lipinski definition) is 3. The molecule has 0 radical (unpaired) electrons. The first kappa shape index (κ1) is 14.7. The van der Waals surface area contributed by atoms with Crippen LogP contribution in [0.1, 0.15) is 17.7 Å². The van der Waals surface area contributed by atoms with Gasteiger partial charge in [-0.05, 0) is 6.07 Å². The smallest absolute Gasteiger partial charge is 0.355 e. The van der Waals surface area contributed by atoms with Crippen molar-refractivity contribution in [1.82, 2.24) is 0 Å². The zero-order valence-electron chi connectivity index (χ0n) is 10.6. The van der Waals surface area contributed by atoms with Crippen molar-refractivity contribution in [1.29, 1.82) is 0 Å². The molecule has 2 rings (SSSR count). The number of aliphatic hydroxyl groups excluding tert-OH is 1. The number of esters is 1. The van der Waals surface area contributed by atoms with Gasteiger partial charge in [0.1, 0.15) is 0 Å². The molecule has 110 valence electrons. The molecule has 2 heterocycles. The minimum Gasteiger partial charge on any atom is -0.465 e. The van der Waals surface area contributed by atoms with Gasteiger partial charge >= 0.3 is 5.97 Å². The summed E-state index contributed by atoms with van der Waals surface area (Å²) in [6.07, 6.45) is -2.59. The van der Waals surface area contributed by atoms with Crippen LogP contribution in [-0.2, 0) is 31.3 Å². The minimum atomic E-state index is -2.59. The van der Waals surface area contributed by atoms with Crippen LogP contribution in [0.15, 0.2) is 16.7 Å². The van der Waals surface area contributed by atoms with E-state index in [4.69, 9.17) is 24.1 Å². The molecular formula is C12H14O8. The van der Waals surface area contributed by atoms with E-state index in [1.54, 1.807) is 0 Å². The molecule has 1 aromatic rings. The summed E-state index contributed by atoms with van der Waals surface area (Å²) in [5.74, 6) is -2.48. The molecule has 1 aromatic heterocycles. The SMILES string of the molecule is COCc1ccoc1C1(O)C(=O)OC(CC(O)O)C1=O. The third-order valence-corrected chi connectivity index (χ3v) is 2.99. The fourth-order valence-electron chi connectivity index (χ4n) is 2.08. The van der Waals surface area contributed by atoms with Crippen LogP contribution in [0.2, 0.25) is 0 Å². The van der Waals surface area contributed by atoms with Crippen LogP contribution >= 0.6 is 0 Å². The van der Waals surface area contributed by atoms with Gasteiger partial charge in [0.15, 0.2) is 18.2 Å². The van der Waals surface area contributed by atoms with Gasteiger partial charge in [-0.1, -0.05) is 0 Å². The summed E-state index contributed by atoms with van der Waals surface area (Å²) in [4.78, 5) is 23.9. The second-order valence-corrected chi connectivity index (χ2v) is 4.39. The Morgan fingerprint density at radius 3 is 2.75 bits per heavy atom. The van der Waals surface area contributed by atoms with E-state index in [0.29, 0.717) is 5.56 Å². The van der Waals surface area contributed by atoms with Crippen molar-refractivity contribution in [2.75, 3.05) is 7.11 Å². The van der Waals surface area contributed by atoms with Gasteiger partial charge in [-0.25, -0.2) is 4.79 Å². The first-order valence-electron chi connectivity index (χ1n) is 5.81. The first-order valence-corrected chi connectivity index (χ1v) is 5.81. The lowest BCUT2D eigenvalue weighted by Gasteiger charge is -2.15. The maximum Gasteiger partial charge on any atom is 0.355 e. The van der Waals surface area contributed by atoms with Gasteiger partial charge in [-0.2, -0.15) is 0 Å². The summed E-state index contributed by atoms with van der Waals surface area (Å²) in [6.45, 7) is 0.0298. The molecule has 1 saturated heterocycles. The standard InChI is InChI=1S/C12H14O8/c1-18-5-6-2-3-19-10(6)12(17)9(15)7(4-8(13)14)20-11(12)16/h2-3,7-8,13-14,17H,4-5H2,1H3. The molecule has 0 amide bonds. The molecule has 0 aromatic carbocycles. The normalized spacial score (nSPS) is 26.4. The van der Waals surface area contributed by atoms with Crippen LogP contribution in [0.5, 0.6) is 0 Å². The summed E-state index contributed by atoms with van der Waals surface area (Å²) in [6, 6.07) is 1.45. The van der Waals surface area contributed by atoms with E-state index >= 15 is 0 Å². The van der Waals surface area contributed by atoms with Crippen molar-refractivity contribution in [3.8, 4) is 0 Å². The monoisotopic (exact) mass is 286 g/mol. The summed E-state index contributed by atoms with van der Waals surface area (Å²) in [5.41, 5.74) is -2.26. The third kappa shape index (κ3) is 2.22. The first-order chi connectivity index (χ1) is 9.41. The molecule has 2 unspecified atom stereocenters. The Kier molecular flexibility index (Phi) is 3.91. The van der Waals surface area contributed by atoms with Crippen LogP contribution in [0, 0.1) is 0 Å². The number of hydrogen-bond acceptors (Lipinski definition) is 8. The molecule has 1 aliphatic heterocycles. The fourth-order valence-corrected chi connectivity index (χ4v) is 2.08. The molecular weight excluding hydrogens is 272 g/mol. The van der Waals surface area contributed by atoms with Crippen molar-refractivity contribution in [3.05, 3.63) is 23.7 Å². The largest absolute Gasteiger partial charge is 0.465 e. The van der Waals surface area contributed by atoms with Gasteiger partial charge in [-0.3, -0.25) is 4.79 Å². The maximum atomic E-state index is 12.1. The summed E-state index contributed by atoms with van der Waals surface area (Å²) in [5, 5.41) is 28.0. The number of methoxy groups -OCH3 is 1. The Balaban J connectivity index is 2.36. The van der Waals surface area contributed by atoms with E-state index in [0.717, 1.165) is 0 Å². The molecule has 8 nitrogen and oxygen atoms in total. The number of ketones is 1. The Morgan fingerprint density at radius 2 is 2.15 bits per heavy atom. The lowest BCUT2D eigenvalue weighted by atomic mass is 9.91.